The van der Waals surface area contributed by atoms with E-state index < -0.39 is 0 Å². The molecule has 0 aliphatic heterocycles. The first-order valence-corrected chi connectivity index (χ1v) is 16.4. The molecule has 4 aromatic rings. The molecule has 2 atom stereocenters. The van der Waals surface area contributed by atoms with Crippen LogP contribution >= 0.6 is 15.8 Å². The van der Waals surface area contributed by atoms with Crippen LogP contribution < -0.4 is 21.2 Å². The molecule has 184 valence electrons. The third-order valence-corrected chi connectivity index (χ3v) is 14.0. The van der Waals surface area contributed by atoms with Crippen LogP contribution in [0.2, 0.25) is 0 Å². The predicted octanol–water partition coefficient (Wildman–Crippen LogP) is 7.51. The summed E-state index contributed by atoms with van der Waals surface area (Å²) in [6.07, 6.45) is 5.40. The van der Waals surface area contributed by atoms with Gasteiger partial charge in [0.15, 0.2) is 0 Å². The molecule has 2 unspecified atom stereocenters. The molecule has 1 saturated carbocycles. The van der Waals surface area contributed by atoms with E-state index >= 15 is 0 Å². The van der Waals surface area contributed by atoms with Gasteiger partial charge in [-0.2, -0.15) is 0 Å². The quantitative estimate of drug-likeness (QED) is 0.216. The molecule has 0 spiro atoms. The Balaban J connectivity index is 1.45. The maximum atomic E-state index is 2.40. The summed E-state index contributed by atoms with van der Waals surface area (Å²) in [5, 5.41) is 6.31. The van der Waals surface area contributed by atoms with Gasteiger partial charge in [-0.3, -0.25) is 0 Å². The number of rotatable bonds is 8. The van der Waals surface area contributed by atoms with Crippen LogP contribution in [0.15, 0.2) is 97.1 Å². The Bertz CT molecular complexity index is 1130. The van der Waals surface area contributed by atoms with Crippen molar-refractivity contribution in [2.75, 3.05) is 12.3 Å². The van der Waals surface area contributed by atoms with Gasteiger partial charge >= 0.3 is 0 Å². The number of aryl methyl sites for hydroxylation is 4. The van der Waals surface area contributed by atoms with Gasteiger partial charge in [0.25, 0.3) is 0 Å². The van der Waals surface area contributed by atoms with E-state index in [1.54, 1.807) is 21.2 Å². The van der Waals surface area contributed by atoms with Crippen LogP contribution in [0, 0.1) is 39.5 Å². The molecule has 0 nitrogen and oxygen atoms in total. The molecule has 1 fully saturated rings. The third-order valence-electron chi connectivity index (χ3n) is 8.03. The Kier molecular flexibility index (Phi) is 8.06. The second-order valence-corrected chi connectivity index (χ2v) is 14.8. The molecule has 0 saturated heterocycles. The van der Waals surface area contributed by atoms with E-state index in [9.17, 15) is 0 Å². The van der Waals surface area contributed by atoms with Crippen LogP contribution in [0.5, 0.6) is 0 Å². The molecule has 2 heteroatoms. The minimum absolute atomic E-state index is 0.352. The molecule has 5 rings (SSSR count). The summed E-state index contributed by atoms with van der Waals surface area (Å²) in [4.78, 5) is 0. The van der Waals surface area contributed by atoms with Gasteiger partial charge in [-0.05, 0) is 124 Å². The fourth-order valence-electron chi connectivity index (χ4n) is 5.71. The van der Waals surface area contributed by atoms with Crippen LogP contribution in [0.4, 0.5) is 0 Å². The van der Waals surface area contributed by atoms with E-state index in [2.05, 4.69) is 125 Å². The molecular weight excluding hydrogens is 470 g/mol. The van der Waals surface area contributed by atoms with Crippen LogP contribution in [0.3, 0.4) is 0 Å². The molecule has 4 aromatic carbocycles. The lowest BCUT2D eigenvalue weighted by Gasteiger charge is -2.42. The maximum absolute atomic E-state index is 2.40. The highest BCUT2D eigenvalue weighted by Gasteiger charge is 2.36. The Hall–Kier alpha value is -2.26. The van der Waals surface area contributed by atoms with Crippen LogP contribution in [-0.4, -0.2) is 12.3 Å². The topological polar surface area (TPSA) is 0 Å². The van der Waals surface area contributed by atoms with E-state index in [1.807, 2.05) is 0 Å². The number of hydrogen-bond acceptors (Lipinski definition) is 0. The van der Waals surface area contributed by atoms with Crippen molar-refractivity contribution in [3.8, 4) is 0 Å². The molecule has 0 N–H and O–H groups in total. The summed E-state index contributed by atoms with van der Waals surface area (Å²) in [5.74, 6) is 1.63. The van der Waals surface area contributed by atoms with Gasteiger partial charge in [-0.1, -0.05) is 97.1 Å². The minimum Gasteiger partial charge on any atom is -0.0620 e. The van der Waals surface area contributed by atoms with Crippen molar-refractivity contribution < 1.29 is 0 Å². The standard InChI is InChI=1S/C34H38P2/c1-25-13-5-9-17-31(25)35(32-18-10-6-14-26(32)2)23-29-21-22-30(29)24-36(33-19-11-7-15-27(33)3)34-20-12-8-16-28(34)4/h5-20,29-30H,21-24H2,1-4H3. The Labute approximate surface area is 220 Å². The zero-order valence-electron chi connectivity index (χ0n) is 22.1. The molecule has 36 heavy (non-hydrogen) atoms. The van der Waals surface area contributed by atoms with E-state index in [1.165, 1.54) is 47.4 Å². The lowest BCUT2D eigenvalue weighted by atomic mass is 9.76. The van der Waals surface area contributed by atoms with E-state index in [-0.39, 0.29) is 15.8 Å². The van der Waals surface area contributed by atoms with Crippen molar-refractivity contribution in [1.82, 2.24) is 0 Å². The highest BCUT2D eigenvalue weighted by atomic mass is 31.1. The zero-order chi connectivity index (χ0) is 25.1. The fourth-order valence-corrected chi connectivity index (χ4v) is 12.0. The van der Waals surface area contributed by atoms with Crippen LogP contribution in [0.25, 0.3) is 0 Å². The molecule has 0 radical (unpaired) electrons. The second kappa shape index (κ2) is 11.4. The molecule has 0 amide bonds. The maximum Gasteiger partial charge on any atom is -0.0166 e. The average molecular weight is 509 g/mol. The molecule has 0 aromatic heterocycles. The van der Waals surface area contributed by atoms with E-state index in [4.69, 9.17) is 0 Å². The molecule has 0 heterocycles. The monoisotopic (exact) mass is 508 g/mol. The minimum atomic E-state index is -0.352. The first-order chi connectivity index (χ1) is 17.5. The average Bonchev–Trinajstić information content (AvgIpc) is 2.87. The lowest BCUT2D eigenvalue weighted by molar-refractivity contribution is 0.228. The molecular formula is C34H38P2. The summed E-state index contributed by atoms with van der Waals surface area (Å²) in [6, 6.07) is 36.5. The summed E-state index contributed by atoms with van der Waals surface area (Å²) in [5.41, 5.74) is 5.80. The van der Waals surface area contributed by atoms with Crippen molar-refractivity contribution >= 4 is 37.1 Å². The van der Waals surface area contributed by atoms with Crippen molar-refractivity contribution in [2.24, 2.45) is 11.8 Å². The van der Waals surface area contributed by atoms with Crippen molar-refractivity contribution in [3.05, 3.63) is 119 Å². The molecule has 1 aliphatic rings. The fraction of sp³-hybridized carbons (Fsp3) is 0.294. The van der Waals surface area contributed by atoms with Crippen LogP contribution in [-0.2, 0) is 0 Å². The second-order valence-electron chi connectivity index (χ2n) is 10.5. The van der Waals surface area contributed by atoms with Gasteiger partial charge in [0.2, 0.25) is 0 Å². The van der Waals surface area contributed by atoms with E-state index in [0.717, 1.165) is 11.8 Å². The summed E-state index contributed by atoms with van der Waals surface area (Å²) >= 11 is 0. The third kappa shape index (κ3) is 5.37. The smallest absolute Gasteiger partial charge is 0.0166 e. The summed E-state index contributed by atoms with van der Waals surface area (Å²) < 4.78 is 0. The van der Waals surface area contributed by atoms with Gasteiger partial charge in [-0.25, -0.2) is 0 Å². The van der Waals surface area contributed by atoms with Crippen molar-refractivity contribution in [3.63, 3.8) is 0 Å². The number of benzene rings is 4. The lowest BCUT2D eigenvalue weighted by Crippen LogP contribution is -2.35. The normalized spacial score (nSPS) is 17.4. The first-order valence-electron chi connectivity index (χ1n) is 13.3. The van der Waals surface area contributed by atoms with Crippen molar-refractivity contribution in [2.45, 2.75) is 40.5 Å². The predicted molar refractivity (Wildman–Crippen MR) is 163 cm³/mol. The van der Waals surface area contributed by atoms with Crippen molar-refractivity contribution in [1.29, 1.82) is 0 Å². The highest BCUT2D eigenvalue weighted by molar-refractivity contribution is 7.73. The van der Waals surface area contributed by atoms with Gasteiger partial charge in [-0.15, -0.1) is 0 Å². The van der Waals surface area contributed by atoms with Gasteiger partial charge in [0, 0.05) is 0 Å². The Morgan fingerprint density at radius 1 is 0.444 bits per heavy atom. The van der Waals surface area contributed by atoms with E-state index in [0.29, 0.717) is 0 Å². The van der Waals surface area contributed by atoms with Gasteiger partial charge in [0.1, 0.15) is 0 Å². The molecule has 1 aliphatic carbocycles. The summed E-state index contributed by atoms with van der Waals surface area (Å²) in [6.45, 7) is 9.21. The Morgan fingerprint density at radius 2 is 0.694 bits per heavy atom. The van der Waals surface area contributed by atoms with Crippen LogP contribution in [0.1, 0.15) is 35.1 Å². The van der Waals surface area contributed by atoms with Gasteiger partial charge in [0.05, 0.1) is 0 Å². The number of hydrogen-bond donors (Lipinski definition) is 0. The largest absolute Gasteiger partial charge is 0.0620 e. The SMILES string of the molecule is Cc1ccccc1P(CC1CCC1CP(c1ccccc1C)c1ccccc1C)c1ccccc1C. The zero-order valence-corrected chi connectivity index (χ0v) is 23.9. The Morgan fingerprint density at radius 3 is 0.917 bits per heavy atom. The molecule has 0 bridgehead atoms. The first kappa shape index (κ1) is 25.4. The summed E-state index contributed by atoms with van der Waals surface area (Å²) in [7, 11) is -0.704. The van der Waals surface area contributed by atoms with Gasteiger partial charge < -0.3 is 0 Å². The highest BCUT2D eigenvalue weighted by Crippen LogP contribution is 2.50.